The molecular weight excluding hydrogens is 229 g/mol. The van der Waals surface area contributed by atoms with Gasteiger partial charge in [-0.25, -0.2) is 0 Å². The van der Waals surface area contributed by atoms with E-state index in [2.05, 4.69) is 12.2 Å². The first-order valence-electron chi connectivity index (χ1n) is 5.92. The third-order valence-electron chi connectivity index (χ3n) is 3.32. The van der Waals surface area contributed by atoms with E-state index in [-0.39, 0.29) is 0 Å². The topological polar surface area (TPSA) is 12.0 Å². The maximum absolute atomic E-state index is 5.85. The minimum Gasteiger partial charge on any atom is -0.309 e. The molecule has 1 nitrogen and oxygen atoms in total. The SMILES string of the molecule is C[C@H](NCC(Cl)=CCl)C1CCCCCC1. The third kappa shape index (κ3) is 5.24. The molecule has 1 atom stereocenters. The standard InChI is InChI=1S/C12H21Cl2N/c1-10(15-9-12(14)8-13)11-6-4-2-3-5-7-11/h8,10-11,15H,2-7,9H2,1H3/t10-/m0/s1. The third-order valence-corrected chi connectivity index (χ3v) is 3.94. The summed E-state index contributed by atoms with van der Waals surface area (Å²) >= 11 is 11.4. The summed E-state index contributed by atoms with van der Waals surface area (Å²) in [5.74, 6) is 0.812. The lowest BCUT2D eigenvalue weighted by Gasteiger charge is -2.23. The lowest BCUT2D eigenvalue weighted by atomic mass is 9.93. The van der Waals surface area contributed by atoms with E-state index >= 15 is 0 Å². The van der Waals surface area contributed by atoms with Crippen LogP contribution in [0.1, 0.15) is 45.4 Å². The van der Waals surface area contributed by atoms with E-state index in [1.54, 1.807) is 0 Å². The van der Waals surface area contributed by atoms with Crippen molar-refractivity contribution in [3.8, 4) is 0 Å². The van der Waals surface area contributed by atoms with Crippen molar-refractivity contribution in [2.45, 2.75) is 51.5 Å². The molecule has 0 spiro atoms. The van der Waals surface area contributed by atoms with Crippen molar-refractivity contribution in [2.24, 2.45) is 5.92 Å². The monoisotopic (exact) mass is 249 g/mol. The van der Waals surface area contributed by atoms with Crippen molar-refractivity contribution in [1.29, 1.82) is 0 Å². The van der Waals surface area contributed by atoms with Crippen LogP contribution in [0.2, 0.25) is 0 Å². The Bertz CT molecular complexity index is 196. The minimum atomic E-state index is 0.550. The molecule has 1 fully saturated rings. The molecule has 1 saturated carbocycles. The molecule has 1 N–H and O–H groups in total. The van der Waals surface area contributed by atoms with Gasteiger partial charge in [0.15, 0.2) is 0 Å². The van der Waals surface area contributed by atoms with Gasteiger partial charge in [0.05, 0.1) is 0 Å². The van der Waals surface area contributed by atoms with Crippen LogP contribution >= 0.6 is 23.2 Å². The predicted molar refractivity (Wildman–Crippen MR) is 68.4 cm³/mol. The number of hydrogen-bond donors (Lipinski definition) is 1. The summed E-state index contributed by atoms with van der Waals surface area (Å²) in [4.78, 5) is 0. The first-order chi connectivity index (χ1) is 7.24. The average molecular weight is 250 g/mol. The van der Waals surface area contributed by atoms with Gasteiger partial charge in [0.1, 0.15) is 0 Å². The fraction of sp³-hybridized carbons (Fsp3) is 0.833. The van der Waals surface area contributed by atoms with E-state index < -0.39 is 0 Å². The number of nitrogens with one attached hydrogen (secondary N) is 1. The Kier molecular flexibility index (Phi) is 6.71. The minimum absolute atomic E-state index is 0.550. The summed E-state index contributed by atoms with van der Waals surface area (Å²) in [5.41, 5.74) is 1.44. The lowest BCUT2D eigenvalue weighted by molar-refractivity contribution is 0.346. The summed E-state index contributed by atoms with van der Waals surface area (Å²) in [6, 6.07) is 0.550. The molecule has 0 heterocycles. The van der Waals surface area contributed by atoms with E-state index in [0.29, 0.717) is 17.6 Å². The molecule has 0 unspecified atom stereocenters. The summed E-state index contributed by atoms with van der Waals surface area (Å²) < 4.78 is 0. The Labute approximate surface area is 103 Å². The fourth-order valence-electron chi connectivity index (χ4n) is 2.27. The second-order valence-corrected chi connectivity index (χ2v) is 5.18. The van der Waals surface area contributed by atoms with E-state index in [9.17, 15) is 0 Å². The van der Waals surface area contributed by atoms with Gasteiger partial charge in [-0.15, -0.1) is 0 Å². The van der Waals surface area contributed by atoms with E-state index in [4.69, 9.17) is 23.2 Å². The van der Waals surface area contributed by atoms with Crippen molar-refractivity contribution in [2.75, 3.05) is 6.54 Å². The molecule has 0 saturated heterocycles. The Morgan fingerprint density at radius 3 is 2.47 bits per heavy atom. The van der Waals surface area contributed by atoms with Gasteiger partial charge in [0.2, 0.25) is 0 Å². The maximum Gasteiger partial charge on any atom is 0.0431 e. The van der Waals surface area contributed by atoms with Crippen LogP contribution in [0.25, 0.3) is 0 Å². The molecule has 1 rings (SSSR count). The van der Waals surface area contributed by atoms with Crippen LogP contribution in [0, 0.1) is 5.92 Å². The molecule has 3 heteroatoms. The van der Waals surface area contributed by atoms with Gasteiger partial charge in [-0.2, -0.15) is 0 Å². The maximum atomic E-state index is 5.85. The predicted octanol–water partition coefficient (Wildman–Crippen LogP) is 4.25. The molecule has 0 aromatic rings. The van der Waals surface area contributed by atoms with E-state index in [1.165, 1.54) is 44.1 Å². The molecule has 0 radical (unpaired) electrons. The van der Waals surface area contributed by atoms with E-state index in [1.807, 2.05) is 0 Å². The van der Waals surface area contributed by atoms with Crippen LogP contribution in [0.15, 0.2) is 10.6 Å². The van der Waals surface area contributed by atoms with Crippen LogP contribution in [-0.4, -0.2) is 12.6 Å². The van der Waals surface area contributed by atoms with Crippen LogP contribution < -0.4 is 5.32 Å². The fourth-order valence-corrected chi connectivity index (χ4v) is 2.43. The largest absolute Gasteiger partial charge is 0.309 e. The summed E-state index contributed by atoms with van der Waals surface area (Å²) in [6.07, 6.45) is 8.30. The van der Waals surface area contributed by atoms with Crippen molar-refractivity contribution in [3.63, 3.8) is 0 Å². The first kappa shape index (κ1) is 13.3. The quantitative estimate of drug-likeness (QED) is 0.735. The van der Waals surface area contributed by atoms with Gasteiger partial charge >= 0.3 is 0 Å². The van der Waals surface area contributed by atoms with Crippen molar-refractivity contribution in [1.82, 2.24) is 5.32 Å². The lowest BCUT2D eigenvalue weighted by Crippen LogP contribution is -2.34. The van der Waals surface area contributed by atoms with Crippen LogP contribution in [-0.2, 0) is 0 Å². The zero-order valence-electron chi connectivity index (χ0n) is 9.44. The molecule has 15 heavy (non-hydrogen) atoms. The first-order valence-corrected chi connectivity index (χ1v) is 6.73. The number of hydrogen-bond acceptors (Lipinski definition) is 1. The molecule has 0 aromatic carbocycles. The zero-order valence-corrected chi connectivity index (χ0v) is 10.9. The summed E-state index contributed by atoms with van der Waals surface area (Å²) in [7, 11) is 0. The Hall–Kier alpha value is 0.280. The highest BCUT2D eigenvalue weighted by atomic mass is 35.5. The Morgan fingerprint density at radius 2 is 1.93 bits per heavy atom. The van der Waals surface area contributed by atoms with Gasteiger partial charge in [0, 0.05) is 23.2 Å². The van der Waals surface area contributed by atoms with Gasteiger partial charge in [-0.05, 0) is 25.7 Å². The Morgan fingerprint density at radius 1 is 1.33 bits per heavy atom. The summed E-state index contributed by atoms with van der Waals surface area (Å²) in [6.45, 7) is 2.96. The van der Waals surface area contributed by atoms with Crippen LogP contribution in [0.4, 0.5) is 0 Å². The highest BCUT2D eigenvalue weighted by molar-refractivity contribution is 6.36. The van der Waals surface area contributed by atoms with Crippen molar-refractivity contribution >= 4 is 23.2 Å². The molecular formula is C12H21Cl2N. The Balaban J connectivity index is 2.28. The second-order valence-electron chi connectivity index (χ2n) is 4.48. The smallest absolute Gasteiger partial charge is 0.0431 e. The number of halogens is 2. The molecule has 0 aliphatic heterocycles. The van der Waals surface area contributed by atoms with Gasteiger partial charge < -0.3 is 5.32 Å². The van der Waals surface area contributed by atoms with Crippen molar-refractivity contribution < 1.29 is 0 Å². The highest BCUT2D eigenvalue weighted by Gasteiger charge is 2.18. The van der Waals surface area contributed by atoms with Gasteiger partial charge in [0.25, 0.3) is 0 Å². The van der Waals surface area contributed by atoms with Gasteiger partial charge in [-0.1, -0.05) is 48.9 Å². The average Bonchev–Trinajstić information content (AvgIpc) is 2.53. The molecule has 88 valence electrons. The molecule has 0 bridgehead atoms. The van der Waals surface area contributed by atoms with Gasteiger partial charge in [-0.3, -0.25) is 0 Å². The summed E-state index contributed by atoms with van der Waals surface area (Å²) in [5, 5.41) is 4.14. The second kappa shape index (κ2) is 7.54. The molecule has 0 aromatic heterocycles. The molecule has 1 aliphatic rings. The number of rotatable bonds is 4. The normalized spacial score (nSPS) is 22.5. The van der Waals surface area contributed by atoms with Crippen LogP contribution in [0.3, 0.4) is 0 Å². The molecule has 1 aliphatic carbocycles. The van der Waals surface area contributed by atoms with E-state index in [0.717, 1.165) is 5.92 Å². The van der Waals surface area contributed by atoms with Crippen LogP contribution in [0.5, 0.6) is 0 Å². The molecule has 0 amide bonds. The van der Waals surface area contributed by atoms with Crippen molar-refractivity contribution in [3.05, 3.63) is 10.6 Å². The zero-order chi connectivity index (χ0) is 11.1. The highest BCUT2D eigenvalue weighted by Crippen LogP contribution is 2.25.